The Bertz CT molecular complexity index is 343. The second kappa shape index (κ2) is 4.82. The molecular formula is C12H20N2OS. The SMILES string of the molecule is CCC(C)(C)c1csc(C2COCCN2)n1. The van der Waals surface area contributed by atoms with Crippen molar-refractivity contribution < 1.29 is 4.74 Å². The Labute approximate surface area is 101 Å². The molecule has 1 aromatic heterocycles. The summed E-state index contributed by atoms with van der Waals surface area (Å²) in [6.45, 7) is 9.19. The van der Waals surface area contributed by atoms with Gasteiger partial charge in [-0.1, -0.05) is 20.8 Å². The predicted molar refractivity (Wildman–Crippen MR) is 67.0 cm³/mol. The highest BCUT2D eigenvalue weighted by Crippen LogP contribution is 2.30. The lowest BCUT2D eigenvalue weighted by molar-refractivity contribution is 0.0767. The van der Waals surface area contributed by atoms with Crippen LogP contribution in [0.25, 0.3) is 0 Å². The minimum Gasteiger partial charge on any atom is -0.378 e. The van der Waals surface area contributed by atoms with Crippen LogP contribution < -0.4 is 5.32 Å². The highest BCUT2D eigenvalue weighted by molar-refractivity contribution is 7.09. The van der Waals surface area contributed by atoms with Crippen LogP contribution in [0.1, 0.15) is 43.9 Å². The molecule has 1 unspecified atom stereocenters. The molecule has 1 N–H and O–H groups in total. The van der Waals surface area contributed by atoms with Gasteiger partial charge in [0.05, 0.1) is 24.9 Å². The summed E-state index contributed by atoms with van der Waals surface area (Å²) in [4.78, 5) is 4.75. The lowest BCUT2D eigenvalue weighted by atomic mass is 9.87. The molecule has 0 spiro atoms. The Morgan fingerprint density at radius 2 is 2.44 bits per heavy atom. The van der Waals surface area contributed by atoms with Gasteiger partial charge < -0.3 is 10.1 Å². The van der Waals surface area contributed by atoms with E-state index in [0.717, 1.165) is 31.2 Å². The van der Waals surface area contributed by atoms with E-state index in [2.05, 4.69) is 31.5 Å². The number of nitrogens with one attached hydrogen (secondary N) is 1. The molecule has 0 aliphatic carbocycles. The van der Waals surface area contributed by atoms with Crippen LogP contribution in [0.15, 0.2) is 5.38 Å². The van der Waals surface area contributed by atoms with Crippen LogP contribution >= 0.6 is 11.3 Å². The first-order valence-corrected chi connectivity index (χ1v) is 6.78. The summed E-state index contributed by atoms with van der Waals surface area (Å²) < 4.78 is 5.46. The number of ether oxygens (including phenoxy) is 1. The van der Waals surface area contributed by atoms with Gasteiger partial charge in [0.2, 0.25) is 0 Å². The van der Waals surface area contributed by atoms with E-state index in [-0.39, 0.29) is 5.41 Å². The van der Waals surface area contributed by atoms with Crippen molar-refractivity contribution in [2.45, 2.75) is 38.6 Å². The third-order valence-electron chi connectivity index (χ3n) is 3.32. The fourth-order valence-corrected chi connectivity index (χ4v) is 2.73. The van der Waals surface area contributed by atoms with Gasteiger partial charge in [-0.3, -0.25) is 0 Å². The first kappa shape index (κ1) is 12.0. The molecule has 1 aliphatic heterocycles. The van der Waals surface area contributed by atoms with Crippen LogP contribution in [0.2, 0.25) is 0 Å². The minimum absolute atomic E-state index is 0.185. The van der Waals surface area contributed by atoms with Gasteiger partial charge in [-0.05, 0) is 6.42 Å². The zero-order chi connectivity index (χ0) is 11.6. The molecule has 16 heavy (non-hydrogen) atoms. The van der Waals surface area contributed by atoms with Gasteiger partial charge in [0.1, 0.15) is 5.01 Å². The molecule has 1 atom stereocenters. The quantitative estimate of drug-likeness (QED) is 0.881. The summed E-state index contributed by atoms with van der Waals surface area (Å²) in [5.74, 6) is 0. The normalized spacial score (nSPS) is 22.3. The standard InChI is InChI=1S/C12H20N2OS/c1-4-12(2,3)10-8-16-11(14-10)9-7-15-6-5-13-9/h8-9,13H,4-7H2,1-3H3. The first-order chi connectivity index (χ1) is 7.63. The van der Waals surface area contributed by atoms with E-state index in [1.54, 1.807) is 11.3 Å². The summed E-state index contributed by atoms with van der Waals surface area (Å²) in [5.41, 5.74) is 1.40. The average molecular weight is 240 g/mol. The highest BCUT2D eigenvalue weighted by atomic mass is 32.1. The van der Waals surface area contributed by atoms with E-state index in [9.17, 15) is 0 Å². The fraction of sp³-hybridized carbons (Fsp3) is 0.750. The van der Waals surface area contributed by atoms with E-state index in [1.165, 1.54) is 5.69 Å². The monoisotopic (exact) mass is 240 g/mol. The second-order valence-corrected chi connectivity index (χ2v) is 5.78. The fourth-order valence-electron chi connectivity index (χ4n) is 1.66. The van der Waals surface area contributed by atoms with Crippen molar-refractivity contribution in [3.8, 4) is 0 Å². The maximum Gasteiger partial charge on any atom is 0.112 e. The van der Waals surface area contributed by atoms with Gasteiger partial charge in [-0.2, -0.15) is 0 Å². The van der Waals surface area contributed by atoms with Crippen LogP contribution in [-0.2, 0) is 10.2 Å². The molecule has 2 heterocycles. The number of hydrogen-bond donors (Lipinski definition) is 1. The van der Waals surface area contributed by atoms with Gasteiger partial charge in [0.25, 0.3) is 0 Å². The van der Waals surface area contributed by atoms with Crippen LogP contribution in [-0.4, -0.2) is 24.7 Å². The largest absolute Gasteiger partial charge is 0.378 e. The van der Waals surface area contributed by atoms with E-state index in [0.29, 0.717) is 6.04 Å². The minimum atomic E-state index is 0.185. The third kappa shape index (κ3) is 2.44. The van der Waals surface area contributed by atoms with Crippen molar-refractivity contribution in [1.82, 2.24) is 10.3 Å². The molecule has 2 rings (SSSR count). The Hall–Kier alpha value is -0.450. The van der Waals surface area contributed by atoms with Crippen molar-refractivity contribution in [3.05, 3.63) is 16.1 Å². The van der Waals surface area contributed by atoms with Crippen LogP contribution in [0.3, 0.4) is 0 Å². The van der Waals surface area contributed by atoms with Gasteiger partial charge in [0.15, 0.2) is 0 Å². The van der Waals surface area contributed by atoms with E-state index in [4.69, 9.17) is 9.72 Å². The van der Waals surface area contributed by atoms with Crippen molar-refractivity contribution in [2.75, 3.05) is 19.8 Å². The van der Waals surface area contributed by atoms with Gasteiger partial charge >= 0.3 is 0 Å². The van der Waals surface area contributed by atoms with Crippen LogP contribution in [0.4, 0.5) is 0 Å². The lowest BCUT2D eigenvalue weighted by Crippen LogP contribution is -2.34. The molecule has 0 radical (unpaired) electrons. The van der Waals surface area contributed by atoms with E-state index < -0.39 is 0 Å². The molecule has 0 saturated carbocycles. The van der Waals surface area contributed by atoms with Gasteiger partial charge in [0, 0.05) is 17.3 Å². The number of rotatable bonds is 3. The zero-order valence-corrected chi connectivity index (χ0v) is 11.1. The number of thiazole rings is 1. The average Bonchev–Trinajstić information content (AvgIpc) is 2.80. The smallest absolute Gasteiger partial charge is 0.112 e. The number of aromatic nitrogens is 1. The third-order valence-corrected chi connectivity index (χ3v) is 4.28. The zero-order valence-electron chi connectivity index (χ0n) is 10.2. The summed E-state index contributed by atoms with van der Waals surface area (Å²) in [5, 5.41) is 6.79. The van der Waals surface area contributed by atoms with E-state index >= 15 is 0 Å². The van der Waals surface area contributed by atoms with E-state index in [1.807, 2.05) is 0 Å². The molecule has 1 aliphatic rings. The molecule has 1 fully saturated rings. The van der Waals surface area contributed by atoms with Crippen molar-refractivity contribution in [3.63, 3.8) is 0 Å². The summed E-state index contributed by atoms with van der Waals surface area (Å²) in [6.07, 6.45) is 1.12. The Morgan fingerprint density at radius 1 is 1.62 bits per heavy atom. The topological polar surface area (TPSA) is 34.1 Å². The van der Waals surface area contributed by atoms with Crippen molar-refractivity contribution in [1.29, 1.82) is 0 Å². The maximum atomic E-state index is 5.46. The second-order valence-electron chi connectivity index (χ2n) is 4.89. The van der Waals surface area contributed by atoms with Gasteiger partial charge in [-0.25, -0.2) is 4.98 Å². The first-order valence-electron chi connectivity index (χ1n) is 5.90. The Kier molecular flexibility index (Phi) is 3.62. The maximum absolute atomic E-state index is 5.46. The lowest BCUT2D eigenvalue weighted by Gasteiger charge is -2.22. The number of hydrogen-bond acceptors (Lipinski definition) is 4. The van der Waals surface area contributed by atoms with Crippen molar-refractivity contribution in [2.24, 2.45) is 0 Å². The summed E-state index contributed by atoms with van der Waals surface area (Å²) >= 11 is 1.74. The molecule has 4 heteroatoms. The van der Waals surface area contributed by atoms with Crippen LogP contribution in [0, 0.1) is 0 Å². The number of nitrogens with zero attached hydrogens (tertiary/aromatic N) is 1. The predicted octanol–water partition coefficient (Wildman–Crippen LogP) is 2.49. The highest BCUT2D eigenvalue weighted by Gasteiger charge is 2.24. The molecule has 1 aromatic rings. The molecule has 0 aromatic carbocycles. The molecule has 0 bridgehead atoms. The Morgan fingerprint density at radius 3 is 3.06 bits per heavy atom. The van der Waals surface area contributed by atoms with Gasteiger partial charge in [-0.15, -0.1) is 11.3 Å². The molecule has 3 nitrogen and oxygen atoms in total. The molecule has 0 amide bonds. The molecule has 1 saturated heterocycles. The summed E-state index contributed by atoms with van der Waals surface area (Å²) in [7, 11) is 0. The molecular weight excluding hydrogens is 220 g/mol. The van der Waals surface area contributed by atoms with Crippen LogP contribution in [0.5, 0.6) is 0 Å². The molecule has 90 valence electrons. The number of morpholine rings is 1. The Balaban J connectivity index is 2.12. The summed E-state index contributed by atoms with van der Waals surface area (Å²) in [6, 6.07) is 0.292. The van der Waals surface area contributed by atoms with Crippen molar-refractivity contribution >= 4 is 11.3 Å².